The molecule has 84 valence electrons. The maximum atomic E-state index is 11.2. The van der Waals surface area contributed by atoms with Gasteiger partial charge in [-0.2, -0.15) is 0 Å². The molecule has 0 aliphatic carbocycles. The Bertz CT molecular complexity index is 446. The summed E-state index contributed by atoms with van der Waals surface area (Å²) in [5.74, 6) is 0.148. The minimum absolute atomic E-state index is 0.0535. The van der Waals surface area contributed by atoms with Gasteiger partial charge in [-0.05, 0) is 28.1 Å². The topological polar surface area (TPSA) is 52.6 Å². The Hall–Kier alpha value is -0.300. The lowest BCUT2D eigenvalue weighted by Crippen LogP contribution is -2.03. The van der Waals surface area contributed by atoms with Crippen molar-refractivity contribution in [1.82, 2.24) is 0 Å². The lowest BCUT2D eigenvalue weighted by molar-refractivity contribution is 0.0485. The van der Waals surface area contributed by atoms with Crippen molar-refractivity contribution in [3.8, 4) is 5.75 Å². The first kappa shape index (κ1) is 12.8. The maximum absolute atomic E-state index is 11.2. The van der Waals surface area contributed by atoms with E-state index in [2.05, 4.69) is 20.7 Å². The molecule has 0 spiro atoms. The van der Waals surface area contributed by atoms with Gasteiger partial charge < -0.3 is 9.47 Å². The molecule has 0 aromatic heterocycles. The van der Waals surface area contributed by atoms with Crippen LogP contribution in [0.3, 0.4) is 0 Å². The van der Waals surface area contributed by atoms with Crippen molar-refractivity contribution in [3.63, 3.8) is 0 Å². The highest BCUT2D eigenvalue weighted by atomic mass is 79.9. The number of hydrogen-bond donors (Lipinski definition) is 0. The molecule has 1 aromatic carbocycles. The minimum Gasteiger partial charge on any atom is -0.465 e. The van der Waals surface area contributed by atoms with Gasteiger partial charge in [0, 0.05) is 17.8 Å². The third-order valence-corrected chi connectivity index (χ3v) is 3.48. The number of ether oxygens (including phenoxy) is 2. The Morgan fingerprint density at radius 1 is 1.47 bits per heavy atom. The fourth-order valence-corrected chi connectivity index (χ4v) is 2.55. The third kappa shape index (κ3) is 3.34. The van der Waals surface area contributed by atoms with Crippen molar-refractivity contribution in [2.75, 3.05) is 13.9 Å². The monoisotopic (exact) mass is 314 g/mol. The van der Waals surface area contributed by atoms with Crippen LogP contribution in [0.5, 0.6) is 5.75 Å². The molecule has 0 atom stereocenters. The van der Waals surface area contributed by atoms with Crippen LogP contribution in [0.1, 0.15) is 0 Å². The van der Waals surface area contributed by atoms with Gasteiger partial charge >= 0.3 is 0 Å². The molecule has 0 unspecified atom stereocenters. The van der Waals surface area contributed by atoms with Crippen LogP contribution in [0.15, 0.2) is 27.6 Å². The predicted octanol–water partition coefficient (Wildman–Crippen LogP) is 2.36. The van der Waals surface area contributed by atoms with Gasteiger partial charge in [0.25, 0.3) is 9.05 Å². The lowest BCUT2D eigenvalue weighted by atomic mass is 10.3. The molecule has 0 radical (unpaired) electrons. The summed E-state index contributed by atoms with van der Waals surface area (Å²) < 4.78 is 32.7. The Morgan fingerprint density at radius 3 is 2.67 bits per heavy atom. The Kier molecular flexibility index (Phi) is 4.39. The third-order valence-electron chi connectivity index (χ3n) is 1.51. The highest BCUT2D eigenvalue weighted by Crippen LogP contribution is 2.33. The summed E-state index contributed by atoms with van der Waals surface area (Å²) >= 11 is 3.17. The molecule has 0 saturated carbocycles. The van der Waals surface area contributed by atoms with Crippen LogP contribution in [-0.4, -0.2) is 22.3 Å². The highest BCUT2D eigenvalue weighted by Gasteiger charge is 2.18. The molecule has 0 amide bonds. The second kappa shape index (κ2) is 5.16. The summed E-state index contributed by atoms with van der Waals surface area (Å²) in [6.07, 6.45) is 0. The molecule has 0 heterocycles. The van der Waals surface area contributed by atoms with Crippen LogP contribution in [0.25, 0.3) is 0 Å². The van der Waals surface area contributed by atoms with Gasteiger partial charge in [0.15, 0.2) is 12.5 Å². The van der Waals surface area contributed by atoms with Crippen LogP contribution in [0.2, 0.25) is 0 Å². The van der Waals surface area contributed by atoms with Crippen molar-refractivity contribution < 1.29 is 17.9 Å². The largest absolute Gasteiger partial charge is 0.465 e. The minimum atomic E-state index is -3.82. The number of rotatable bonds is 4. The molecule has 1 aromatic rings. The Morgan fingerprint density at radius 2 is 2.13 bits per heavy atom. The lowest BCUT2D eigenvalue weighted by Gasteiger charge is -2.09. The average molecular weight is 316 g/mol. The SMILES string of the molecule is COCOc1c(Br)cccc1S(=O)(=O)Cl. The summed E-state index contributed by atoms with van der Waals surface area (Å²) in [7, 11) is 2.86. The van der Waals surface area contributed by atoms with Gasteiger partial charge in [0.05, 0.1) is 4.47 Å². The molecule has 0 aliphatic heterocycles. The van der Waals surface area contributed by atoms with Crippen LogP contribution in [0.4, 0.5) is 0 Å². The van der Waals surface area contributed by atoms with Crippen LogP contribution in [0, 0.1) is 0 Å². The summed E-state index contributed by atoms with van der Waals surface area (Å²) in [6.45, 7) is -0.0535. The van der Waals surface area contributed by atoms with E-state index in [0.29, 0.717) is 4.47 Å². The molecule has 1 rings (SSSR count). The number of para-hydroxylation sites is 1. The highest BCUT2D eigenvalue weighted by molar-refractivity contribution is 9.10. The molecule has 15 heavy (non-hydrogen) atoms. The number of hydrogen-bond acceptors (Lipinski definition) is 4. The standard InChI is InChI=1S/C8H8BrClO4S/c1-13-5-14-8-6(9)3-2-4-7(8)15(10,11)12/h2-4H,5H2,1H3. The predicted molar refractivity (Wildman–Crippen MR) is 59.7 cm³/mol. The molecule has 7 heteroatoms. The van der Waals surface area contributed by atoms with Crippen molar-refractivity contribution in [3.05, 3.63) is 22.7 Å². The second-order valence-electron chi connectivity index (χ2n) is 2.56. The van der Waals surface area contributed by atoms with Crippen molar-refractivity contribution in [1.29, 1.82) is 0 Å². The number of methoxy groups -OCH3 is 1. The van der Waals surface area contributed by atoms with E-state index in [0.717, 1.165) is 0 Å². The first-order valence-electron chi connectivity index (χ1n) is 3.81. The van der Waals surface area contributed by atoms with Gasteiger partial charge in [0.2, 0.25) is 0 Å². The quantitative estimate of drug-likeness (QED) is 0.632. The Balaban J connectivity index is 3.21. The molecule has 0 saturated heterocycles. The van der Waals surface area contributed by atoms with Crippen LogP contribution < -0.4 is 4.74 Å². The van der Waals surface area contributed by atoms with Gasteiger partial charge in [-0.25, -0.2) is 8.42 Å². The van der Waals surface area contributed by atoms with Gasteiger partial charge in [-0.3, -0.25) is 0 Å². The smallest absolute Gasteiger partial charge is 0.265 e. The average Bonchev–Trinajstić information content (AvgIpc) is 2.14. The molecule has 0 bridgehead atoms. The second-order valence-corrected chi connectivity index (χ2v) is 5.94. The molecule has 0 aliphatic rings. The molecule has 0 N–H and O–H groups in total. The summed E-state index contributed by atoms with van der Waals surface area (Å²) in [5.41, 5.74) is 0. The first-order valence-corrected chi connectivity index (χ1v) is 6.92. The van der Waals surface area contributed by atoms with E-state index >= 15 is 0 Å². The van der Waals surface area contributed by atoms with Crippen molar-refractivity contribution >= 4 is 35.7 Å². The zero-order valence-electron chi connectivity index (χ0n) is 7.74. The van der Waals surface area contributed by atoms with E-state index in [-0.39, 0.29) is 17.4 Å². The van der Waals surface area contributed by atoms with Crippen molar-refractivity contribution in [2.45, 2.75) is 4.90 Å². The normalized spacial score (nSPS) is 11.4. The molecule has 0 fully saturated rings. The maximum Gasteiger partial charge on any atom is 0.265 e. The summed E-state index contributed by atoms with van der Waals surface area (Å²) in [5, 5.41) is 0. The molecular formula is C8H8BrClO4S. The number of benzene rings is 1. The van der Waals surface area contributed by atoms with E-state index in [9.17, 15) is 8.42 Å². The van der Waals surface area contributed by atoms with Crippen LogP contribution >= 0.6 is 26.6 Å². The summed E-state index contributed by atoms with van der Waals surface area (Å²) in [6, 6.07) is 4.56. The first-order chi connectivity index (χ1) is 6.96. The van der Waals surface area contributed by atoms with E-state index in [4.69, 9.17) is 15.4 Å². The van der Waals surface area contributed by atoms with Gasteiger partial charge in [0.1, 0.15) is 4.90 Å². The van der Waals surface area contributed by atoms with E-state index < -0.39 is 9.05 Å². The van der Waals surface area contributed by atoms with E-state index in [1.807, 2.05) is 0 Å². The molecule has 4 nitrogen and oxygen atoms in total. The fourth-order valence-electron chi connectivity index (χ4n) is 0.939. The zero-order chi connectivity index (χ0) is 11.5. The zero-order valence-corrected chi connectivity index (χ0v) is 10.9. The van der Waals surface area contributed by atoms with Gasteiger partial charge in [-0.1, -0.05) is 6.07 Å². The van der Waals surface area contributed by atoms with Crippen molar-refractivity contribution in [2.24, 2.45) is 0 Å². The summed E-state index contributed by atoms with van der Waals surface area (Å²) in [4.78, 5) is -0.0874. The molecular weight excluding hydrogens is 308 g/mol. The number of halogens is 2. The van der Waals surface area contributed by atoms with Gasteiger partial charge in [-0.15, -0.1) is 0 Å². The fraction of sp³-hybridized carbons (Fsp3) is 0.250. The van der Waals surface area contributed by atoms with E-state index in [1.54, 1.807) is 12.1 Å². The van der Waals surface area contributed by atoms with Crippen LogP contribution in [-0.2, 0) is 13.8 Å². The Labute approximate surface area is 101 Å². The van der Waals surface area contributed by atoms with E-state index in [1.165, 1.54) is 13.2 Å².